The van der Waals surface area contributed by atoms with Crippen molar-refractivity contribution in [2.24, 2.45) is 0 Å². The van der Waals surface area contributed by atoms with E-state index in [4.69, 9.17) is 4.74 Å². The van der Waals surface area contributed by atoms with Crippen molar-refractivity contribution < 1.29 is 19.1 Å². The molecule has 0 aliphatic carbocycles. The third kappa shape index (κ3) is 19.9. The number of carbonyl (C=O) groups is 2. The van der Waals surface area contributed by atoms with Gasteiger partial charge in [0, 0.05) is 13.8 Å². The molecule has 4 heteroatoms. The minimum absolute atomic E-state index is 0.226. The summed E-state index contributed by atoms with van der Waals surface area (Å²) in [6, 6.07) is 20.4. The quantitative estimate of drug-likeness (QED) is 0.343. The Balaban J connectivity index is 0.000000470. The number of hydrogen-bond acceptors (Lipinski definition) is 4. The molecule has 0 fully saturated rings. The first-order chi connectivity index (χ1) is 15.5. The van der Waals surface area contributed by atoms with Crippen molar-refractivity contribution in [2.45, 2.75) is 40.0 Å². The molecule has 2 rings (SSSR count). The summed E-state index contributed by atoms with van der Waals surface area (Å²) >= 11 is 0. The van der Waals surface area contributed by atoms with Crippen LogP contribution in [0.5, 0.6) is 0 Å². The first-order valence-corrected chi connectivity index (χ1v) is 10.7. The highest BCUT2D eigenvalue weighted by molar-refractivity contribution is 5.66. The van der Waals surface area contributed by atoms with Crippen LogP contribution >= 0.6 is 0 Å². The third-order valence-electron chi connectivity index (χ3n) is 3.75. The SMILES string of the molecule is C=CCc1ccccc1.CC(=O)OC/C=C\Cc1ccccc1.CC/C=C\COC(C)=O. The molecule has 0 radical (unpaired) electrons. The number of benzene rings is 2. The van der Waals surface area contributed by atoms with Crippen LogP contribution in [0.3, 0.4) is 0 Å². The summed E-state index contributed by atoms with van der Waals surface area (Å²) < 4.78 is 9.37. The van der Waals surface area contributed by atoms with E-state index in [9.17, 15) is 9.59 Å². The molecule has 0 aliphatic rings. The molecule has 32 heavy (non-hydrogen) atoms. The monoisotopic (exact) mass is 436 g/mol. The highest BCUT2D eigenvalue weighted by Gasteiger charge is 1.88. The van der Waals surface area contributed by atoms with E-state index in [1.54, 1.807) is 0 Å². The Morgan fingerprint density at radius 2 is 1.16 bits per heavy atom. The summed E-state index contributed by atoms with van der Waals surface area (Å²) in [7, 11) is 0. The Labute approximate surface area is 193 Å². The summed E-state index contributed by atoms with van der Waals surface area (Å²) in [6.45, 7) is 9.27. The minimum atomic E-state index is -0.241. The molecule has 0 spiro atoms. The predicted octanol–water partition coefficient (Wildman–Crippen LogP) is 6.28. The van der Waals surface area contributed by atoms with E-state index in [0.717, 1.165) is 19.3 Å². The molecule has 2 aromatic carbocycles. The lowest BCUT2D eigenvalue weighted by Gasteiger charge is -1.96. The van der Waals surface area contributed by atoms with E-state index < -0.39 is 0 Å². The van der Waals surface area contributed by atoms with Gasteiger partial charge in [-0.05, 0) is 30.4 Å². The van der Waals surface area contributed by atoms with Gasteiger partial charge in [0.05, 0.1) is 0 Å². The van der Waals surface area contributed by atoms with E-state index in [-0.39, 0.29) is 11.9 Å². The zero-order valence-electron chi connectivity index (χ0n) is 19.5. The van der Waals surface area contributed by atoms with Crippen LogP contribution in [0, 0.1) is 0 Å². The summed E-state index contributed by atoms with van der Waals surface area (Å²) in [4.78, 5) is 20.6. The summed E-state index contributed by atoms with van der Waals surface area (Å²) in [5.74, 6) is -0.467. The Morgan fingerprint density at radius 1 is 0.719 bits per heavy atom. The number of carbonyl (C=O) groups excluding carboxylic acids is 2. The molecule has 2 aromatic rings. The average molecular weight is 437 g/mol. The first kappa shape index (κ1) is 28.6. The Bertz CT molecular complexity index is 793. The lowest BCUT2D eigenvalue weighted by atomic mass is 10.1. The topological polar surface area (TPSA) is 52.6 Å². The van der Waals surface area contributed by atoms with Crippen LogP contribution in [-0.2, 0) is 31.9 Å². The van der Waals surface area contributed by atoms with Crippen LogP contribution in [0.2, 0.25) is 0 Å². The summed E-state index contributed by atoms with van der Waals surface area (Å²) in [5, 5.41) is 0. The van der Waals surface area contributed by atoms with Crippen molar-refractivity contribution in [1.29, 1.82) is 0 Å². The van der Waals surface area contributed by atoms with Crippen molar-refractivity contribution in [1.82, 2.24) is 0 Å². The number of allylic oxidation sites excluding steroid dienone is 3. The Kier molecular flexibility index (Phi) is 18.6. The van der Waals surface area contributed by atoms with Gasteiger partial charge in [0.2, 0.25) is 0 Å². The molecule has 0 aromatic heterocycles. The lowest BCUT2D eigenvalue weighted by Crippen LogP contribution is -1.97. The summed E-state index contributed by atoms with van der Waals surface area (Å²) in [6.07, 6.45) is 12.4. The molecule has 0 bridgehead atoms. The fraction of sp³-hybridized carbons (Fsp3) is 0.286. The van der Waals surface area contributed by atoms with Crippen LogP contribution in [-0.4, -0.2) is 25.2 Å². The van der Waals surface area contributed by atoms with Gasteiger partial charge >= 0.3 is 11.9 Å². The first-order valence-electron chi connectivity index (χ1n) is 10.7. The van der Waals surface area contributed by atoms with Gasteiger partial charge in [-0.1, -0.05) is 98.0 Å². The van der Waals surface area contributed by atoms with Crippen LogP contribution in [0.4, 0.5) is 0 Å². The van der Waals surface area contributed by atoms with Crippen LogP contribution in [0.15, 0.2) is 97.6 Å². The van der Waals surface area contributed by atoms with Crippen LogP contribution in [0.1, 0.15) is 38.3 Å². The zero-order chi connectivity index (χ0) is 23.9. The molecule has 0 unspecified atom stereocenters. The molecule has 0 N–H and O–H groups in total. The van der Waals surface area contributed by atoms with E-state index in [1.807, 2.05) is 73.7 Å². The molecule has 0 amide bonds. The summed E-state index contributed by atoms with van der Waals surface area (Å²) in [5.41, 5.74) is 2.58. The van der Waals surface area contributed by atoms with Crippen molar-refractivity contribution in [2.75, 3.05) is 13.2 Å². The van der Waals surface area contributed by atoms with E-state index >= 15 is 0 Å². The smallest absolute Gasteiger partial charge is 0.302 e. The molecule has 4 nitrogen and oxygen atoms in total. The third-order valence-corrected chi connectivity index (χ3v) is 3.75. The van der Waals surface area contributed by atoms with Crippen LogP contribution in [0.25, 0.3) is 0 Å². The van der Waals surface area contributed by atoms with Gasteiger partial charge in [-0.3, -0.25) is 9.59 Å². The second-order valence-corrected chi connectivity index (χ2v) is 6.62. The largest absolute Gasteiger partial charge is 0.462 e. The standard InChI is InChI=1S/C12H14O2.C9H10.C7H12O2/c1-11(13)14-10-6-5-9-12-7-3-2-4-8-12;1-2-6-9-7-4-3-5-8-9;1-3-4-5-6-9-7(2)8/h2-8H,9-10H2,1H3;2-5,7-8H,1,6H2;4-5H,3,6H2,1-2H3/b6-5-;;5-4-. The van der Waals surface area contributed by atoms with Crippen molar-refractivity contribution in [3.05, 3.63) is 109 Å². The fourth-order valence-electron chi connectivity index (χ4n) is 2.25. The van der Waals surface area contributed by atoms with Gasteiger partial charge in [-0.25, -0.2) is 0 Å². The molecular formula is C28H36O4. The molecule has 0 saturated heterocycles. The van der Waals surface area contributed by atoms with Gasteiger partial charge in [-0.2, -0.15) is 0 Å². The van der Waals surface area contributed by atoms with Gasteiger partial charge in [0.25, 0.3) is 0 Å². The number of esters is 2. The van der Waals surface area contributed by atoms with Crippen LogP contribution < -0.4 is 0 Å². The molecular weight excluding hydrogens is 400 g/mol. The highest BCUT2D eigenvalue weighted by Crippen LogP contribution is 2.00. The minimum Gasteiger partial charge on any atom is -0.462 e. The molecule has 0 saturated carbocycles. The number of ether oxygens (including phenoxy) is 2. The maximum absolute atomic E-state index is 10.4. The predicted molar refractivity (Wildman–Crippen MR) is 132 cm³/mol. The average Bonchev–Trinajstić information content (AvgIpc) is 2.79. The Morgan fingerprint density at radius 3 is 1.56 bits per heavy atom. The normalized spacial score (nSPS) is 9.84. The fourth-order valence-corrected chi connectivity index (χ4v) is 2.25. The van der Waals surface area contributed by atoms with Crippen molar-refractivity contribution >= 4 is 11.9 Å². The van der Waals surface area contributed by atoms with Gasteiger partial charge in [0.1, 0.15) is 13.2 Å². The number of hydrogen-bond donors (Lipinski definition) is 0. The second-order valence-electron chi connectivity index (χ2n) is 6.62. The van der Waals surface area contributed by atoms with Crippen molar-refractivity contribution in [3.8, 4) is 0 Å². The maximum atomic E-state index is 10.4. The Hall–Kier alpha value is -3.40. The van der Waals surface area contributed by atoms with Gasteiger partial charge in [-0.15, -0.1) is 6.58 Å². The molecule has 172 valence electrons. The molecule has 0 aliphatic heterocycles. The molecule has 0 atom stereocenters. The van der Waals surface area contributed by atoms with E-state index in [2.05, 4.69) is 35.6 Å². The molecule has 0 heterocycles. The maximum Gasteiger partial charge on any atom is 0.302 e. The van der Waals surface area contributed by atoms with E-state index in [1.165, 1.54) is 25.0 Å². The zero-order valence-corrected chi connectivity index (χ0v) is 19.5. The second kappa shape index (κ2) is 20.9. The lowest BCUT2D eigenvalue weighted by molar-refractivity contribution is -0.140. The van der Waals surface area contributed by atoms with Gasteiger partial charge < -0.3 is 9.47 Å². The van der Waals surface area contributed by atoms with Crippen molar-refractivity contribution in [3.63, 3.8) is 0 Å². The number of rotatable bonds is 9. The van der Waals surface area contributed by atoms with E-state index in [0.29, 0.717) is 13.2 Å². The van der Waals surface area contributed by atoms with Gasteiger partial charge in [0.15, 0.2) is 0 Å². The highest BCUT2D eigenvalue weighted by atomic mass is 16.5.